The van der Waals surface area contributed by atoms with Crippen LogP contribution in [0.1, 0.15) is 31.4 Å². The SMILES string of the molecule is CCCNC(=O)CNC(=NCc1cccc(C)c1)NCC. The molecule has 0 unspecified atom stereocenters. The van der Waals surface area contributed by atoms with Crippen molar-refractivity contribution in [1.29, 1.82) is 0 Å². The van der Waals surface area contributed by atoms with E-state index in [1.807, 2.05) is 26.0 Å². The molecular weight excluding hydrogens is 264 g/mol. The monoisotopic (exact) mass is 290 g/mol. The second-order valence-corrected chi connectivity index (χ2v) is 4.89. The van der Waals surface area contributed by atoms with Crippen molar-refractivity contribution in [2.75, 3.05) is 19.6 Å². The van der Waals surface area contributed by atoms with Crippen molar-refractivity contribution < 1.29 is 4.79 Å². The molecule has 0 aliphatic carbocycles. The topological polar surface area (TPSA) is 65.5 Å². The Kier molecular flexibility index (Phi) is 7.94. The van der Waals surface area contributed by atoms with E-state index >= 15 is 0 Å². The van der Waals surface area contributed by atoms with E-state index in [0.717, 1.165) is 18.5 Å². The molecule has 1 amide bonds. The van der Waals surface area contributed by atoms with Crippen molar-refractivity contribution in [3.8, 4) is 0 Å². The van der Waals surface area contributed by atoms with E-state index in [2.05, 4.69) is 40.0 Å². The highest BCUT2D eigenvalue weighted by Gasteiger charge is 2.02. The first-order valence-electron chi connectivity index (χ1n) is 7.50. The van der Waals surface area contributed by atoms with Crippen LogP contribution in [0.4, 0.5) is 0 Å². The van der Waals surface area contributed by atoms with Crippen LogP contribution in [0, 0.1) is 6.92 Å². The summed E-state index contributed by atoms with van der Waals surface area (Å²) in [5, 5.41) is 9.01. The van der Waals surface area contributed by atoms with Gasteiger partial charge in [-0.05, 0) is 25.8 Å². The van der Waals surface area contributed by atoms with E-state index in [1.165, 1.54) is 5.56 Å². The lowest BCUT2D eigenvalue weighted by molar-refractivity contribution is -0.120. The fourth-order valence-corrected chi connectivity index (χ4v) is 1.81. The standard InChI is InChI=1S/C16H26N4O/c1-4-9-18-15(21)12-20-16(17-5-2)19-11-14-8-6-7-13(3)10-14/h6-8,10H,4-5,9,11-12H2,1-3H3,(H,18,21)(H2,17,19,20). The molecule has 0 atom stereocenters. The van der Waals surface area contributed by atoms with Gasteiger partial charge in [-0.1, -0.05) is 36.8 Å². The minimum Gasteiger partial charge on any atom is -0.357 e. The number of amides is 1. The molecule has 1 aromatic carbocycles. The van der Waals surface area contributed by atoms with Gasteiger partial charge in [0, 0.05) is 13.1 Å². The van der Waals surface area contributed by atoms with Crippen molar-refractivity contribution in [1.82, 2.24) is 16.0 Å². The third-order valence-corrected chi connectivity index (χ3v) is 2.84. The predicted octanol–water partition coefficient (Wildman–Crippen LogP) is 1.58. The summed E-state index contributed by atoms with van der Waals surface area (Å²) in [6.07, 6.45) is 0.938. The van der Waals surface area contributed by atoms with Crippen molar-refractivity contribution in [3.63, 3.8) is 0 Å². The molecule has 0 aliphatic heterocycles. The smallest absolute Gasteiger partial charge is 0.239 e. The van der Waals surface area contributed by atoms with Gasteiger partial charge in [0.25, 0.3) is 0 Å². The number of rotatable bonds is 7. The summed E-state index contributed by atoms with van der Waals surface area (Å²) in [6, 6.07) is 8.25. The average Bonchev–Trinajstić information content (AvgIpc) is 2.48. The molecule has 3 N–H and O–H groups in total. The lowest BCUT2D eigenvalue weighted by atomic mass is 10.1. The van der Waals surface area contributed by atoms with E-state index in [9.17, 15) is 4.79 Å². The number of carbonyl (C=O) groups is 1. The van der Waals surface area contributed by atoms with Gasteiger partial charge in [-0.3, -0.25) is 4.79 Å². The maximum absolute atomic E-state index is 11.6. The first-order chi connectivity index (χ1) is 10.2. The Hall–Kier alpha value is -2.04. The van der Waals surface area contributed by atoms with E-state index in [0.29, 0.717) is 19.0 Å². The summed E-state index contributed by atoms with van der Waals surface area (Å²) >= 11 is 0. The molecule has 116 valence electrons. The fourth-order valence-electron chi connectivity index (χ4n) is 1.81. The van der Waals surface area contributed by atoms with E-state index in [1.54, 1.807) is 0 Å². The molecule has 0 aromatic heterocycles. The molecule has 0 radical (unpaired) electrons. The molecule has 0 heterocycles. The lowest BCUT2D eigenvalue weighted by Crippen LogP contribution is -2.43. The molecule has 1 rings (SSSR count). The Morgan fingerprint density at radius 3 is 2.67 bits per heavy atom. The van der Waals surface area contributed by atoms with Gasteiger partial charge in [0.1, 0.15) is 0 Å². The normalized spacial score (nSPS) is 11.1. The van der Waals surface area contributed by atoms with Crippen LogP contribution in [-0.4, -0.2) is 31.5 Å². The maximum atomic E-state index is 11.6. The average molecular weight is 290 g/mol. The van der Waals surface area contributed by atoms with Crippen LogP contribution >= 0.6 is 0 Å². The molecule has 0 aliphatic rings. The van der Waals surface area contributed by atoms with E-state index < -0.39 is 0 Å². The Labute approximate surface area is 127 Å². The van der Waals surface area contributed by atoms with Crippen LogP contribution in [-0.2, 0) is 11.3 Å². The van der Waals surface area contributed by atoms with Crippen molar-refractivity contribution >= 4 is 11.9 Å². The Morgan fingerprint density at radius 2 is 2.00 bits per heavy atom. The van der Waals surface area contributed by atoms with Crippen LogP contribution in [0.2, 0.25) is 0 Å². The molecule has 0 saturated carbocycles. The van der Waals surface area contributed by atoms with Crippen LogP contribution in [0.25, 0.3) is 0 Å². The number of hydrogen-bond acceptors (Lipinski definition) is 2. The molecule has 0 spiro atoms. The third kappa shape index (κ3) is 7.34. The highest BCUT2D eigenvalue weighted by Crippen LogP contribution is 2.04. The van der Waals surface area contributed by atoms with Crippen molar-refractivity contribution in [3.05, 3.63) is 35.4 Å². The van der Waals surface area contributed by atoms with Gasteiger partial charge in [-0.25, -0.2) is 4.99 Å². The number of carbonyl (C=O) groups excluding carboxylic acids is 1. The number of nitrogens with zero attached hydrogens (tertiary/aromatic N) is 1. The zero-order valence-corrected chi connectivity index (χ0v) is 13.2. The van der Waals surface area contributed by atoms with Crippen LogP contribution < -0.4 is 16.0 Å². The van der Waals surface area contributed by atoms with Crippen molar-refractivity contribution in [2.45, 2.75) is 33.7 Å². The molecule has 5 nitrogen and oxygen atoms in total. The molecule has 21 heavy (non-hydrogen) atoms. The molecule has 1 aromatic rings. The molecular formula is C16H26N4O. The Bertz CT molecular complexity index is 471. The molecule has 5 heteroatoms. The summed E-state index contributed by atoms with van der Waals surface area (Å²) in [7, 11) is 0. The minimum atomic E-state index is -0.0157. The first-order valence-corrected chi connectivity index (χ1v) is 7.50. The van der Waals surface area contributed by atoms with Gasteiger partial charge in [0.2, 0.25) is 5.91 Å². The zero-order valence-electron chi connectivity index (χ0n) is 13.2. The minimum absolute atomic E-state index is 0.0157. The molecule has 0 bridgehead atoms. The summed E-state index contributed by atoms with van der Waals surface area (Å²) < 4.78 is 0. The summed E-state index contributed by atoms with van der Waals surface area (Å²) in [5.74, 6) is 0.642. The number of nitrogens with one attached hydrogen (secondary N) is 3. The van der Waals surface area contributed by atoms with E-state index in [4.69, 9.17) is 0 Å². The largest absolute Gasteiger partial charge is 0.357 e. The summed E-state index contributed by atoms with van der Waals surface area (Å²) in [5.41, 5.74) is 2.38. The third-order valence-electron chi connectivity index (χ3n) is 2.84. The highest BCUT2D eigenvalue weighted by atomic mass is 16.1. The second-order valence-electron chi connectivity index (χ2n) is 4.89. The maximum Gasteiger partial charge on any atom is 0.239 e. The fraction of sp³-hybridized carbons (Fsp3) is 0.500. The molecule has 0 fully saturated rings. The quantitative estimate of drug-likeness (QED) is 0.527. The van der Waals surface area contributed by atoms with Gasteiger partial charge in [-0.2, -0.15) is 0 Å². The van der Waals surface area contributed by atoms with Crippen LogP contribution in [0.15, 0.2) is 29.3 Å². The summed E-state index contributed by atoms with van der Waals surface area (Å²) in [4.78, 5) is 16.1. The van der Waals surface area contributed by atoms with Crippen LogP contribution in [0.3, 0.4) is 0 Å². The predicted molar refractivity (Wildman–Crippen MR) is 87.3 cm³/mol. The van der Waals surface area contributed by atoms with Gasteiger partial charge < -0.3 is 16.0 Å². The second kappa shape index (κ2) is 9.80. The number of aryl methyl sites for hydroxylation is 1. The summed E-state index contributed by atoms with van der Waals surface area (Å²) in [6.45, 7) is 8.39. The zero-order chi connectivity index (χ0) is 15.5. The highest BCUT2D eigenvalue weighted by molar-refractivity contribution is 5.86. The molecule has 0 saturated heterocycles. The first kappa shape index (κ1) is 17.0. The number of benzene rings is 1. The Balaban J connectivity index is 2.51. The lowest BCUT2D eigenvalue weighted by Gasteiger charge is -2.11. The number of guanidine groups is 1. The van der Waals surface area contributed by atoms with Gasteiger partial charge >= 0.3 is 0 Å². The van der Waals surface area contributed by atoms with Gasteiger partial charge in [0.15, 0.2) is 5.96 Å². The number of aliphatic imine (C=N–C) groups is 1. The van der Waals surface area contributed by atoms with Gasteiger partial charge in [0.05, 0.1) is 13.1 Å². The van der Waals surface area contributed by atoms with Crippen LogP contribution in [0.5, 0.6) is 0 Å². The number of hydrogen-bond donors (Lipinski definition) is 3. The Morgan fingerprint density at radius 1 is 1.19 bits per heavy atom. The van der Waals surface area contributed by atoms with Crippen molar-refractivity contribution in [2.24, 2.45) is 4.99 Å². The van der Waals surface area contributed by atoms with E-state index in [-0.39, 0.29) is 12.5 Å². The van der Waals surface area contributed by atoms with Gasteiger partial charge in [-0.15, -0.1) is 0 Å².